The van der Waals surface area contributed by atoms with Gasteiger partial charge in [-0.25, -0.2) is 4.98 Å². The fraction of sp³-hybridized carbons (Fsp3) is 0.400. The van der Waals surface area contributed by atoms with Crippen LogP contribution < -0.4 is 15.8 Å². The molecule has 3 aromatic rings. The second kappa shape index (κ2) is 6.33. The molecular formula is C20H22N6O3. The summed E-state index contributed by atoms with van der Waals surface area (Å²) in [5.74, 6) is 0.705. The van der Waals surface area contributed by atoms with Crippen molar-refractivity contribution >= 4 is 28.8 Å². The molecule has 3 N–H and O–H groups in total. The first-order valence-electron chi connectivity index (χ1n) is 9.80. The van der Waals surface area contributed by atoms with Gasteiger partial charge in [-0.15, -0.1) is 0 Å². The van der Waals surface area contributed by atoms with Crippen molar-refractivity contribution in [2.45, 2.75) is 39.3 Å². The number of nitrogens with one attached hydrogen (secondary N) is 1. The lowest BCUT2D eigenvalue weighted by Crippen LogP contribution is -2.27. The van der Waals surface area contributed by atoms with Crippen LogP contribution in [-0.4, -0.2) is 37.8 Å². The van der Waals surface area contributed by atoms with Crippen LogP contribution in [0, 0.1) is 12.8 Å². The molecule has 9 nitrogen and oxygen atoms in total. The van der Waals surface area contributed by atoms with Crippen LogP contribution in [0.15, 0.2) is 18.2 Å². The predicted molar refractivity (Wildman–Crippen MR) is 106 cm³/mol. The number of imidazole rings is 1. The Bertz CT molecular complexity index is 1160. The van der Waals surface area contributed by atoms with Gasteiger partial charge in [0.15, 0.2) is 0 Å². The van der Waals surface area contributed by atoms with Crippen molar-refractivity contribution in [3.05, 3.63) is 35.2 Å². The van der Waals surface area contributed by atoms with E-state index in [1.165, 1.54) is 0 Å². The molecule has 150 valence electrons. The predicted octanol–water partition coefficient (Wildman–Crippen LogP) is 2.26. The molecule has 2 aliphatic rings. The highest BCUT2D eigenvalue weighted by atomic mass is 16.5. The Balaban J connectivity index is 1.62. The zero-order chi connectivity index (χ0) is 20.3. The zero-order valence-corrected chi connectivity index (χ0v) is 16.3. The number of hydrogen-bond acceptors (Lipinski definition) is 5. The SMILES string of the molecule is CCn1nc(C)cc1C(=O)Nc1nc2cc(C(N)=O)cc3c2n1[C@@H](C1CC1)CO3. The molecule has 2 amide bonds. The molecule has 0 radical (unpaired) electrons. The van der Waals surface area contributed by atoms with Gasteiger partial charge >= 0.3 is 0 Å². The molecule has 29 heavy (non-hydrogen) atoms. The molecule has 1 saturated carbocycles. The van der Waals surface area contributed by atoms with Gasteiger partial charge in [-0.05, 0) is 50.8 Å². The third-order valence-corrected chi connectivity index (χ3v) is 5.60. The maximum absolute atomic E-state index is 13.0. The number of primary amides is 1. The van der Waals surface area contributed by atoms with Gasteiger partial charge < -0.3 is 10.5 Å². The number of anilines is 1. The summed E-state index contributed by atoms with van der Waals surface area (Å²) in [6.45, 7) is 4.86. The molecule has 1 fully saturated rings. The fourth-order valence-electron chi connectivity index (χ4n) is 4.07. The number of nitrogens with two attached hydrogens (primary N) is 1. The van der Waals surface area contributed by atoms with E-state index in [4.69, 9.17) is 10.5 Å². The number of nitrogens with zero attached hydrogens (tertiary/aromatic N) is 4. The standard InChI is InChI=1S/C20H22N6O3/c1-3-25-14(6-10(2)24-25)19(28)23-20-22-13-7-12(18(21)27)8-16-17(13)26(20)15(9-29-16)11-4-5-11/h6-8,11,15H,3-5,9H2,1-2H3,(H2,21,27)(H,22,23,28)/t15-/m1/s1. The summed E-state index contributed by atoms with van der Waals surface area (Å²) in [7, 11) is 0. The number of ether oxygens (including phenoxy) is 1. The van der Waals surface area contributed by atoms with E-state index in [0.717, 1.165) is 24.1 Å². The summed E-state index contributed by atoms with van der Waals surface area (Å²) in [6.07, 6.45) is 2.25. The molecule has 0 bridgehead atoms. The van der Waals surface area contributed by atoms with E-state index in [2.05, 4.69) is 15.4 Å². The van der Waals surface area contributed by atoms with Crippen LogP contribution in [0.3, 0.4) is 0 Å². The number of amides is 2. The summed E-state index contributed by atoms with van der Waals surface area (Å²) >= 11 is 0. The molecule has 0 spiro atoms. The number of rotatable bonds is 5. The Kier molecular flexibility index (Phi) is 3.87. The van der Waals surface area contributed by atoms with Crippen LogP contribution in [0.1, 0.15) is 52.3 Å². The Morgan fingerprint density at radius 2 is 2.10 bits per heavy atom. The Morgan fingerprint density at radius 3 is 2.79 bits per heavy atom. The van der Waals surface area contributed by atoms with Gasteiger partial charge in [-0.3, -0.25) is 24.2 Å². The maximum Gasteiger partial charge on any atom is 0.276 e. The van der Waals surface area contributed by atoms with Crippen molar-refractivity contribution in [3.63, 3.8) is 0 Å². The summed E-state index contributed by atoms with van der Waals surface area (Å²) in [5.41, 5.74) is 8.42. The van der Waals surface area contributed by atoms with Crippen molar-refractivity contribution in [2.75, 3.05) is 11.9 Å². The van der Waals surface area contributed by atoms with Crippen molar-refractivity contribution in [1.82, 2.24) is 19.3 Å². The first-order valence-corrected chi connectivity index (χ1v) is 9.80. The molecule has 2 aromatic heterocycles. The van der Waals surface area contributed by atoms with Crippen LogP contribution >= 0.6 is 0 Å². The second-order valence-electron chi connectivity index (χ2n) is 7.67. The Labute approximate surface area is 166 Å². The van der Waals surface area contributed by atoms with Crippen molar-refractivity contribution < 1.29 is 14.3 Å². The van der Waals surface area contributed by atoms with E-state index in [1.807, 2.05) is 18.4 Å². The minimum atomic E-state index is -0.543. The second-order valence-corrected chi connectivity index (χ2v) is 7.67. The largest absolute Gasteiger partial charge is 0.489 e. The average molecular weight is 394 g/mol. The van der Waals surface area contributed by atoms with Gasteiger partial charge in [-0.1, -0.05) is 0 Å². The zero-order valence-electron chi connectivity index (χ0n) is 16.3. The van der Waals surface area contributed by atoms with E-state index >= 15 is 0 Å². The van der Waals surface area contributed by atoms with Gasteiger partial charge in [0.2, 0.25) is 11.9 Å². The van der Waals surface area contributed by atoms with Gasteiger partial charge in [0.25, 0.3) is 5.91 Å². The Morgan fingerprint density at radius 1 is 1.31 bits per heavy atom. The third kappa shape index (κ3) is 2.84. The third-order valence-electron chi connectivity index (χ3n) is 5.60. The molecule has 1 atom stereocenters. The lowest BCUT2D eigenvalue weighted by atomic mass is 10.1. The van der Waals surface area contributed by atoms with Gasteiger partial charge in [0.1, 0.15) is 23.6 Å². The molecule has 3 heterocycles. The van der Waals surface area contributed by atoms with Crippen LogP contribution in [0.2, 0.25) is 0 Å². The lowest BCUT2D eigenvalue weighted by molar-refractivity contribution is 0.0995. The molecule has 5 rings (SSSR count). The van der Waals surface area contributed by atoms with Gasteiger partial charge in [0.05, 0.1) is 17.3 Å². The first-order chi connectivity index (χ1) is 14.0. The summed E-state index contributed by atoms with van der Waals surface area (Å²) in [4.78, 5) is 29.3. The Hall–Kier alpha value is -3.36. The van der Waals surface area contributed by atoms with E-state index in [1.54, 1.807) is 22.9 Å². The summed E-state index contributed by atoms with van der Waals surface area (Å²) in [6, 6.07) is 5.15. The summed E-state index contributed by atoms with van der Waals surface area (Å²) < 4.78 is 9.67. The number of carbonyl (C=O) groups excluding carboxylic acids is 2. The highest BCUT2D eigenvalue weighted by molar-refractivity contribution is 6.04. The van der Waals surface area contributed by atoms with Crippen molar-refractivity contribution in [3.8, 4) is 5.75 Å². The molecule has 0 saturated heterocycles. The summed E-state index contributed by atoms with van der Waals surface area (Å²) in [5, 5.41) is 7.30. The van der Waals surface area contributed by atoms with Crippen LogP contribution in [0.25, 0.3) is 11.0 Å². The number of benzene rings is 1. The molecule has 1 aliphatic heterocycles. The highest BCUT2D eigenvalue weighted by Crippen LogP contribution is 2.46. The minimum absolute atomic E-state index is 0.0973. The number of aromatic nitrogens is 4. The van der Waals surface area contributed by atoms with Gasteiger partial charge in [0, 0.05) is 12.1 Å². The van der Waals surface area contributed by atoms with E-state index < -0.39 is 5.91 Å². The molecule has 1 aliphatic carbocycles. The fourth-order valence-corrected chi connectivity index (χ4v) is 4.07. The molecule has 1 aromatic carbocycles. The smallest absolute Gasteiger partial charge is 0.276 e. The first kappa shape index (κ1) is 17.7. The van der Waals surface area contributed by atoms with Gasteiger partial charge in [-0.2, -0.15) is 5.10 Å². The highest BCUT2D eigenvalue weighted by Gasteiger charge is 2.39. The molecule has 9 heteroatoms. The topological polar surface area (TPSA) is 117 Å². The number of hydrogen-bond donors (Lipinski definition) is 2. The molecule has 0 unspecified atom stereocenters. The maximum atomic E-state index is 13.0. The van der Waals surface area contributed by atoms with E-state index in [-0.39, 0.29) is 11.9 Å². The van der Waals surface area contributed by atoms with Crippen molar-refractivity contribution in [1.29, 1.82) is 0 Å². The van der Waals surface area contributed by atoms with Crippen LogP contribution in [-0.2, 0) is 6.54 Å². The number of carbonyl (C=O) groups is 2. The van der Waals surface area contributed by atoms with E-state index in [0.29, 0.717) is 47.5 Å². The average Bonchev–Trinajstić information content (AvgIpc) is 3.38. The van der Waals surface area contributed by atoms with E-state index in [9.17, 15) is 9.59 Å². The minimum Gasteiger partial charge on any atom is -0.489 e. The number of aryl methyl sites for hydroxylation is 2. The lowest BCUT2D eigenvalue weighted by Gasteiger charge is -2.27. The quantitative estimate of drug-likeness (QED) is 0.688. The van der Waals surface area contributed by atoms with Crippen LogP contribution in [0.5, 0.6) is 5.75 Å². The normalized spacial score (nSPS) is 17.9. The monoisotopic (exact) mass is 394 g/mol. The van der Waals surface area contributed by atoms with Crippen LogP contribution in [0.4, 0.5) is 5.95 Å². The van der Waals surface area contributed by atoms with Crippen molar-refractivity contribution in [2.24, 2.45) is 11.7 Å². The molecular weight excluding hydrogens is 372 g/mol.